The number of imidazole rings is 1. The minimum absolute atomic E-state index is 0.217. The Morgan fingerprint density at radius 3 is 2.84 bits per heavy atom. The second-order valence-electron chi connectivity index (χ2n) is 3.96. The number of carboxylic acids is 1. The molecule has 0 fully saturated rings. The molecule has 0 unspecified atom stereocenters. The quantitative estimate of drug-likeness (QED) is 0.716. The van der Waals surface area contributed by atoms with Gasteiger partial charge in [-0.25, -0.2) is 9.78 Å². The molecule has 0 aliphatic carbocycles. The third-order valence-corrected chi connectivity index (χ3v) is 3.40. The van der Waals surface area contributed by atoms with Gasteiger partial charge < -0.3 is 15.4 Å². The molecule has 0 aliphatic rings. The van der Waals surface area contributed by atoms with Crippen molar-refractivity contribution in [2.45, 2.75) is 18.1 Å². The van der Waals surface area contributed by atoms with Crippen molar-refractivity contribution in [2.75, 3.05) is 5.75 Å². The first kappa shape index (κ1) is 13.4. The molecular formula is C12H13N3O3S. The van der Waals surface area contributed by atoms with Gasteiger partial charge in [-0.05, 0) is 12.1 Å². The molecule has 0 saturated heterocycles. The number of carboxylic acid groups (broad SMARTS) is 1. The van der Waals surface area contributed by atoms with E-state index in [4.69, 9.17) is 5.11 Å². The molecule has 1 amide bonds. The molecule has 1 heterocycles. The van der Waals surface area contributed by atoms with Crippen LogP contribution in [0, 0.1) is 0 Å². The van der Waals surface area contributed by atoms with E-state index in [1.807, 2.05) is 24.3 Å². The van der Waals surface area contributed by atoms with E-state index in [1.165, 1.54) is 18.7 Å². The number of thioether (sulfide) groups is 1. The first-order valence-electron chi connectivity index (χ1n) is 5.63. The SMILES string of the molecule is CC(=O)N[C@H](CSc1nc2ccccc2[nH]1)C(=O)O. The molecule has 0 radical (unpaired) electrons. The molecule has 1 aromatic heterocycles. The van der Waals surface area contributed by atoms with Gasteiger partial charge >= 0.3 is 5.97 Å². The van der Waals surface area contributed by atoms with Gasteiger partial charge in [-0.2, -0.15) is 0 Å². The maximum atomic E-state index is 11.0. The number of aromatic amines is 1. The Balaban J connectivity index is 2.03. The van der Waals surface area contributed by atoms with Crippen LogP contribution in [0.2, 0.25) is 0 Å². The Morgan fingerprint density at radius 2 is 2.21 bits per heavy atom. The lowest BCUT2D eigenvalue weighted by Gasteiger charge is -2.11. The first-order valence-corrected chi connectivity index (χ1v) is 6.62. The van der Waals surface area contributed by atoms with Crippen LogP contribution in [-0.2, 0) is 9.59 Å². The standard InChI is InChI=1S/C12H13N3O3S/c1-7(16)13-10(11(17)18)6-19-12-14-8-4-2-3-5-9(8)15-12/h2-5,10H,6H2,1H3,(H,13,16)(H,14,15)(H,17,18)/t10-/m1/s1. The lowest BCUT2D eigenvalue weighted by Crippen LogP contribution is -2.41. The van der Waals surface area contributed by atoms with Gasteiger partial charge in [-0.15, -0.1) is 0 Å². The fraction of sp³-hybridized carbons (Fsp3) is 0.250. The van der Waals surface area contributed by atoms with Crippen LogP contribution in [0.25, 0.3) is 11.0 Å². The highest BCUT2D eigenvalue weighted by Gasteiger charge is 2.19. The fourth-order valence-electron chi connectivity index (χ4n) is 1.58. The van der Waals surface area contributed by atoms with Crippen LogP contribution in [0.15, 0.2) is 29.4 Å². The molecule has 100 valence electrons. The number of para-hydroxylation sites is 2. The van der Waals surface area contributed by atoms with Crippen molar-refractivity contribution in [3.63, 3.8) is 0 Å². The first-order chi connectivity index (χ1) is 9.06. The zero-order valence-electron chi connectivity index (χ0n) is 10.2. The van der Waals surface area contributed by atoms with Crippen LogP contribution in [-0.4, -0.2) is 38.7 Å². The summed E-state index contributed by atoms with van der Waals surface area (Å²) in [5, 5.41) is 12.0. The van der Waals surface area contributed by atoms with Gasteiger partial charge in [-0.3, -0.25) is 4.79 Å². The van der Waals surface area contributed by atoms with Gasteiger partial charge in [0.05, 0.1) is 11.0 Å². The summed E-state index contributed by atoms with van der Waals surface area (Å²) in [7, 11) is 0. The number of rotatable bonds is 5. The van der Waals surface area contributed by atoms with E-state index in [0.29, 0.717) is 5.16 Å². The molecule has 1 aromatic carbocycles. The van der Waals surface area contributed by atoms with Crippen LogP contribution in [0.3, 0.4) is 0 Å². The molecule has 2 aromatic rings. The number of aliphatic carboxylic acids is 1. The summed E-state index contributed by atoms with van der Waals surface area (Å²) < 4.78 is 0. The molecule has 2 rings (SSSR count). The van der Waals surface area contributed by atoms with Gasteiger partial charge in [0.25, 0.3) is 0 Å². The molecule has 1 atom stereocenters. The molecule has 0 spiro atoms. The predicted molar refractivity (Wildman–Crippen MR) is 72.1 cm³/mol. The van der Waals surface area contributed by atoms with Gasteiger partial charge in [0.1, 0.15) is 6.04 Å². The summed E-state index contributed by atoms with van der Waals surface area (Å²) in [6.07, 6.45) is 0. The van der Waals surface area contributed by atoms with E-state index < -0.39 is 12.0 Å². The Labute approximate surface area is 113 Å². The Bertz CT molecular complexity index is 578. The van der Waals surface area contributed by atoms with Gasteiger partial charge in [0.15, 0.2) is 5.16 Å². The third-order valence-electron chi connectivity index (χ3n) is 2.43. The highest BCUT2D eigenvalue weighted by Crippen LogP contribution is 2.19. The zero-order chi connectivity index (χ0) is 13.8. The van der Waals surface area contributed by atoms with E-state index in [2.05, 4.69) is 15.3 Å². The molecule has 0 aliphatic heterocycles. The van der Waals surface area contributed by atoms with Crippen LogP contribution in [0.4, 0.5) is 0 Å². The van der Waals surface area contributed by atoms with E-state index in [9.17, 15) is 9.59 Å². The van der Waals surface area contributed by atoms with Crippen LogP contribution in [0.1, 0.15) is 6.92 Å². The Kier molecular flexibility index (Phi) is 4.06. The Hall–Kier alpha value is -2.02. The molecular weight excluding hydrogens is 266 g/mol. The lowest BCUT2D eigenvalue weighted by atomic mass is 10.3. The summed E-state index contributed by atoms with van der Waals surface area (Å²) in [6.45, 7) is 1.29. The van der Waals surface area contributed by atoms with E-state index in [1.54, 1.807) is 0 Å². The molecule has 0 saturated carbocycles. The number of nitrogens with one attached hydrogen (secondary N) is 2. The van der Waals surface area contributed by atoms with Crippen LogP contribution >= 0.6 is 11.8 Å². The number of aromatic nitrogens is 2. The maximum Gasteiger partial charge on any atom is 0.327 e. The van der Waals surface area contributed by atoms with Gasteiger partial charge in [0.2, 0.25) is 5.91 Å². The number of carbonyl (C=O) groups is 2. The van der Waals surface area contributed by atoms with Crippen molar-refractivity contribution in [1.29, 1.82) is 0 Å². The third kappa shape index (κ3) is 3.47. The van der Waals surface area contributed by atoms with E-state index >= 15 is 0 Å². The van der Waals surface area contributed by atoms with Crippen molar-refractivity contribution in [3.8, 4) is 0 Å². The van der Waals surface area contributed by atoms with E-state index in [0.717, 1.165) is 11.0 Å². The molecule has 19 heavy (non-hydrogen) atoms. The number of H-pyrrole nitrogens is 1. The average molecular weight is 279 g/mol. The van der Waals surface area contributed by atoms with Crippen molar-refractivity contribution in [3.05, 3.63) is 24.3 Å². The number of hydrogen-bond donors (Lipinski definition) is 3. The number of amides is 1. The number of nitrogens with zero attached hydrogens (tertiary/aromatic N) is 1. The van der Waals surface area contributed by atoms with Crippen molar-refractivity contribution < 1.29 is 14.7 Å². The largest absolute Gasteiger partial charge is 0.480 e. The van der Waals surface area contributed by atoms with Crippen molar-refractivity contribution >= 4 is 34.7 Å². The predicted octanol–water partition coefficient (Wildman–Crippen LogP) is 1.24. The summed E-state index contributed by atoms with van der Waals surface area (Å²) in [5.41, 5.74) is 1.73. The summed E-state index contributed by atoms with van der Waals surface area (Å²) in [4.78, 5) is 29.3. The number of carbonyl (C=O) groups excluding carboxylic acids is 1. The molecule has 7 heteroatoms. The van der Waals surface area contributed by atoms with Gasteiger partial charge in [0, 0.05) is 12.7 Å². The monoisotopic (exact) mass is 279 g/mol. The fourth-order valence-corrected chi connectivity index (χ4v) is 2.48. The summed E-state index contributed by atoms with van der Waals surface area (Å²) in [5.74, 6) is -1.20. The van der Waals surface area contributed by atoms with E-state index in [-0.39, 0.29) is 11.7 Å². The molecule has 0 bridgehead atoms. The Morgan fingerprint density at radius 1 is 1.47 bits per heavy atom. The topological polar surface area (TPSA) is 95.1 Å². The smallest absolute Gasteiger partial charge is 0.327 e. The van der Waals surface area contributed by atoms with Gasteiger partial charge in [-0.1, -0.05) is 23.9 Å². The zero-order valence-corrected chi connectivity index (χ0v) is 11.0. The van der Waals surface area contributed by atoms with Crippen molar-refractivity contribution in [1.82, 2.24) is 15.3 Å². The average Bonchev–Trinajstić information content (AvgIpc) is 2.76. The number of benzene rings is 1. The molecule has 6 nitrogen and oxygen atoms in total. The highest BCUT2D eigenvalue weighted by molar-refractivity contribution is 7.99. The molecule has 3 N–H and O–H groups in total. The summed E-state index contributed by atoms with van der Waals surface area (Å²) >= 11 is 1.26. The van der Waals surface area contributed by atoms with Crippen LogP contribution < -0.4 is 5.32 Å². The normalized spacial score (nSPS) is 12.3. The minimum atomic E-state index is -1.06. The summed E-state index contributed by atoms with van der Waals surface area (Å²) in [6, 6.07) is 6.63. The number of fused-ring (bicyclic) bond motifs is 1. The maximum absolute atomic E-state index is 11.0. The number of hydrogen-bond acceptors (Lipinski definition) is 4. The highest BCUT2D eigenvalue weighted by atomic mass is 32.2. The minimum Gasteiger partial charge on any atom is -0.480 e. The van der Waals surface area contributed by atoms with Crippen LogP contribution in [0.5, 0.6) is 0 Å². The second kappa shape index (κ2) is 5.75. The van der Waals surface area contributed by atoms with Crippen molar-refractivity contribution in [2.24, 2.45) is 0 Å². The lowest BCUT2D eigenvalue weighted by molar-refractivity contribution is -0.140. The second-order valence-corrected chi connectivity index (χ2v) is 4.97.